The number of hydrogen-bond acceptors (Lipinski definition) is 3. The number of pyridine rings is 1. The molecule has 1 heterocycles. The fourth-order valence-corrected chi connectivity index (χ4v) is 1.83. The Kier molecular flexibility index (Phi) is 3.14. The van der Waals surface area contributed by atoms with E-state index in [2.05, 4.69) is 15.6 Å². The summed E-state index contributed by atoms with van der Waals surface area (Å²) in [6.07, 6.45) is 5.72. The molecule has 0 bridgehead atoms. The van der Waals surface area contributed by atoms with Crippen molar-refractivity contribution in [2.75, 3.05) is 10.6 Å². The molecule has 0 radical (unpaired) electrons. The summed E-state index contributed by atoms with van der Waals surface area (Å²) >= 11 is 0. The number of anilines is 2. The van der Waals surface area contributed by atoms with Crippen LogP contribution in [0.1, 0.15) is 23.2 Å². The van der Waals surface area contributed by atoms with Crippen LogP contribution >= 0.6 is 0 Å². The predicted octanol–water partition coefficient (Wildman–Crippen LogP) is 2.91. The number of hydrogen-bond donors (Lipinski definition) is 2. The third kappa shape index (κ3) is 3.10. The number of carbonyl (C=O) groups is 1. The van der Waals surface area contributed by atoms with E-state index in [-0.39, 0.29) is 5.91 Å². The highest BCUT2D eigenvalue weighted by Gasteiger charge is 2.21. The second-order valence-electron chi connectivity index (χ2n) is 4.70. The molecule has 1 aliphatic rings. The van der Waals surface area contributed by atoms with E-state index >= 15 is 0 Å². The van der Waals surface area contributed by atoms with Gasteiger partial charge in [0.15, 0.2) is 0 Å². The summed E-state index contributed by atoms with van der Waals surface area (Å²) in [7, 11) is 0. The number of aromatic nitrogens is 1. The molecule has 19 heavy (non-hydrogen) atoms. The van der Waals surface area contributed by atoms with Gasteiger partial charge in [0.2, 0.25) is 0 Å². The van der Waals surface area contributed by atoms with Crippen LogP contribution in [0.15, 0.2) is 48.8 Å². The Morgan fingerprint density at radius 3 is 2.63 bits per heavy atom. The minimum Gasteiger partial charge on any atom is -0.381 e. The van der Waals surface area contributed by atoms with E-state index in [1.54, 1.807) is 12.4 Å². The number of benzene rings is 1. The molecule has 2 aromatic rings. The molecule has 0 aliphatic heterocycles. The van der Waals surface area contributed by atoms with Crippen molar-refractivity contribution < 1.29 is 4.79 Å². The molecule has 1 aliphatic carbocycles. The van der Waals surface area contributed by atoms with Gasteiger partial charge in [0.05, 0.1) is 11.3 Å². The van der Waals surface area contributed by atoms with Crippen molar-refractivity contribution in [3.63, 3.8) is 0 Å². The first-order valence-electron chi connectivity index (χ1n) is 6.39. The smallest absolute Gasteiger partial charge is 0.257 e. The average molecular weight is 253 g/mol. The molecule has 1 aromatic heterocycles. The summed E-state index contributed by atoms with van der Waals surface area (Å²) < 4.78 is 0. The highest BCUT2D eigenvalue weighted by atomic mass is 16.1. The van der Waals surface area contributed by atoms with Crippen molar-refractivity contribution in [3.05, 3.63) is 54.4 Å². The lowest BCUT2D eigenvalue weighted by molar-refractivity contribution is 0.102. The molecule has 3 rings (SSSR count). The van der Waals surface area contributed by atoms with Crippen molar-refractivity contribution in [1.29, 1.82) is 0 Å². The Balaban J connectivity index is 1.72. The monoisotopic (exact) mass is 253 g/mol. The second-order valence-corrected chi connectivity index (χ2v) is 4.70. The van der Waals surface area contributed by atoms with E-state index in [1.807, 2.05) is 36.4 Å². The number of carbonyl (C=O) groups excluding carboxylic acids is 1. The maximum atomic E-state index is 12.1. The minimum atomic E-state index is -0.141. The number of nitrogens with zero attached hydrogens (tertiary/aromatic N) is 1. The standard InChI is InChI=1S/C15H15N3O/c19-15(18-12-4-2-1-3-5-12)11-8-14(10-16-9-11)17-13-6-7-13/h1-5,8-10,13,17H,6-7H2,(H,18,19). The highest BCUT2D eigenvalue weighted by molar-refractivity contribution is 6.04. The summed E-state index contributed by atoms with van der Waals surface area (Å²) in [5.41, 5.74) is 2.26. The van der Waals surface area contributed by atoms with Crippen LogP contribution in [-0.2, 0) is 0 Å². The fraction of sp³-hybridized carbons (Fsp3) is 0.200. The Morgan fingerprint density at radius 1 is 1.11 bits per heavy atom. The van der Waals surface area contributed by atoms with Gasteiger partial charge in [-0.05, 0) is 31.0 Å². The van der Waals surface area contributed by atoms with Gasteiger partial charge in [-0.2, -0.15) is 0 Å². The maximum absolute atomic E-state index is 12.1. The zero-order valence-corrected chi connectivity index (χ0v) is 10.5. The summed E-state index contributed by atoms with van der Waals surface area (Å²) in [5.74, 6) is -0.141. The van der Waals surface area contributed by atoms with Crippen LogP contribution in [0.4, 0.5) is 11.4 Å². The largest absolute Gasteiger partial charge is 0.381 e. The van der Waals surface area contributed by atoms with Crippen LogP contribution in [0.25, 0.3) is 0 Å². The van der Waals surface area contributed by atoms with E-state index in [1.165, 1.54) is 12.8 Å². The first-order valence-corrected chi connectivity index (χ1v) is 6.39. The van der Waals surface area contributed by atoms with E-state index in [0.29, 0.717) is 11.6 Å². The molecule has 2 N–H and O–H groups in total. The molecule has 1 aromatic carbocycles. The third-order valence-corrected chi connectivity index (χ3v) is 2.98. The van der Waals surface area contributed by atoms with Crippen molar-refractivity contribution >= 4 is 17.3 Å². The first-order chi connectivity index (χ1) is 9.31. The van der Waals surface area contributed by atoms with Gasteiger partial charge < -0.3 is 10.6 Å². The van der Waals surface area contributed by atoms with Crippen LogP contribution < -0.4 is 10.6 Å². The van der Waals surface area contributed by atoms with Crippen LogP contribution in [0.3, 0.4) is 0 Å². The third-order valence-electron chi connectivity index (χ3n) is 2.98. The second kappa shape index (κ2) is 5.10. The quantitative estimate of drug-likeness (QED) is 0.880. The van der Waals surface area contributed by atoms with Crippen molar-refractivity contribution in [1.82, 2.24) is 4.98 Å². The lowest BCUT2D eigenvalue weighted by Gasteiger charge is -2.07. The van der Waals surface area contributed by atoms with Crippen LogP contribution in [0, 0.1) is 0 Å². The van der Waals surface area contributed by atoms with Gasteiger partial charge in [0.1, 0.15) is 0 Å². The van der Waals surface area contributed by atoms with Crippen LogP contribution in [0.5, 0.6) is 0 Å². The van der Waals surface area contributed by atoms with E-state index < -0.39 is 0 Å². The normalized spacial score (nSPS) is 13.9. The molecular formula is C15H15N3O. The molecular weight excluding hydrogens is 238 g/mol. The average Bonchev–Trinajstić information content (AvgIpc) is 3.24. The molecule has 0 spiro atoms. The zero-order valence-electron chi connectivity index (χ0n) is 10.5. The molecule has 0 saturated heterocycles. The van der Waals surface area contributed by atoms with Gasteiger partial charge in [-0.1, -0.05) is 18.2 Å². The molecule has 1 saturated carbocycles. The molecule has 4 nitrogen and oxygen atoms in total. The Hall–Kier alpha value is -2.36. The van der Waals surface area contributed by atoms with E-state index in [0.717, 1.165) is 11.4 Å². The summed E-state index contributed by atoms with van der Waals surface area (Å²) in [5, 5.41) is 6.18. The van der Waals surface area contributed by atoms with Gasteiger partial charge >= 0.3 is 0 Å². The van der Waals surface area contributed by atoms with Gasteiger partial charge in [0, 0.05) is 24.1 Å². The molecule has 4 heteroatoms. The lowest BCUT2D eigenvalue weighted by atomic mass is 10.2. The fourth-order valence-electron chi connectivity index (χ4n) is 1.83. The van der Waals surface area contributed by atoms with Gasteiger partial charge in [-0.3, -0.25) is 9.78 Å². The minimum absolute atomic E-state index is 0.141. The highest BCUT2D eigenvalue weighted by Crippen LogP contribution is 2.24. The van der Waals surface area contributed by atoms with Gasteiger partial charge in [-0.15, -0.1) is 0 Å². The topological polar surface area (TPSA) is 54.0 Å². The van der Waals surface area contributed by atoms with Gasteiger partial charge in [0.25, 0.3) is 5.91 Å². The molecule has 1 fully saturated rings. The number of para-hydroxylation sites is 1. The number of amides is 1. The molecule has 0 unspecified atom stereocenters. The SMILES string of the molecule is O=C(Nc1ccccc1)c1cncc(NC2CC2)c1. The Labute approximate surface area is 111 Å². The molecule has 1 amide bonds. The van der Waals surface area contributed by atoms with Crippen molar-refractivity contribution in [3.8, 4) is 0 Å². The zero-order chi connectivity index (χ0) is 13.1. The predicted molar refractivity (Wildman–Crippen MR) is 75.3 cm³/mol. The summed E-state index contributed by atoms with van der Waals surface area (Å²) in [6.45, 7) is 0. The van der Waals surface area contributed by atoms with Crippen molar-refractivity contribution in [2.24, 2.45) is 0 Å². The first kappa shape index (κ1) is 11.7. The number of nitrogens with one attached hydrogen (secondary N) is 2. The lowest BCUT2D eigenvalue weighted by Crippen LogP contribution is -2.13. The molecule has 0 atom stereocenters. The number of rotatable bonds is 4. The maximum Gasteiger partial charge on any atom is 0.257 e. The van der Waals surface area contributed by atoms with E-state index in [4.69, 9.17) is 0 Å². The Bertz CT molecular complexity index is 579. The van der Waals surface area contributed by atoms with Gasteiger partial charge in [-0.25, -0.2) is 0 Å². The summed E-state index contributed by atoms with van der Waals surface area (Å²) in [6, 6.07) is 11.8. The van der Waals surface area contributed by atoms with E-state index in [9.17, 15) is 4.79 Å². The van der Waals surface area contributed by atoms with Crippen LogP contribution in [-0.4, -0.2) is 16.9 Å². The summed E-state index contributed by atoms with van der Waals surface area (Å²) in [4.78, 5) is 16.2. The molecule has 96 valence electrons. The Morgan fingerprint density at radius 2 is 1.89 bits per heavy atom. The van der Waals surface area contributed by atoms with Crippen molar-refractivity contribution in [2.45, 2.75) is 18.9 Å². The van der Waals surface area contributed by atoms with Crippen LogP contribution in [0.2, 0.25) is 0 Å².